The molecule has 0 aliphatic carbocycles. The Labute approximate surface area is 125 Å². The van der Waals surface area contributed by atoms with Gasteiger partial charge in [0.15, 0.2) is 0 Å². The maximum Gasteiger partial charge on any atom is 0.251 e. The van der Waals surface area contributed by atoms with Gasteiger partial charge in [0.05, 0.1) is 12.7 Å². The van der Waals surface area contributed by atoms with E-state index in [1.54, 1.807) is 12.1 Å². The zero-order valence-corrected chi connectivity index (χ0v) is 12.3. The van der Waals surface area contributed by atoms with E-state index in [1.165, 1.54) is 0 Å². The summed E-state index contributed by atoms with van der Waals surface area (Å²) < 4.78 is 5.49. The van der Waals surface area contributed by atoms with Crippen molar-refractivity contribution in [3.05, 3.63) is 35.4 Å². The van der Waals surface area contributed by atoms with Crippen LogP contribution in [0.3, 0.4) is 0 Å². The zero-order chi connectivity index (χ0) is 15.1. The largest absolute Gasteiger partial charge is 0.395 e. The first-order chi connectivity index (χ1) is 10.2. The molecule has 0 aromatic heterocycles. The van der Waals surface area contributed by atoms with Crippen LogP contribution in [0.2, 0.25) is 0 Å². The van der Waals surface area contributed by atoms with Gasteiger partial charge in [-0.25, -0.2) is 0 Å². The highest BCUT2D eigenvalue weighted by molar-refractivity contribution is 5.94. The Morgan fingerprint density at radius 1 is 1.52 bits per heavy atom. The van der Waals surface area contributed by atoms with Gasteiger partial charge >= 0.3 is 0 Å². The smallest absolute Gasteiger partial charge is 0.251 e. The molecule has 0 bridgehead atoms. The molecule has 0 radical (unpaired) electrons. The zero-order valence-electron chi connectivity index (χ0n) is 12.3. The molecule has 1 aliphatic heterocycles. The molecule has 112 valence electrons. The summed E-state index contributed by atoms with van der Waals surface area (Å²) in [5.41, 5.74) is 1.39. The Morgan fingerprint density at radius 2 is 2.38 bits per heavy atom. The quantitative estimate of drug-likeness (QED) is 0.827. The van der Waals surface area contributed by atoms with E-state index in [1.807, 2.05) is 19.1 Å². The highest BCUT2D eigenvalue weighted by atomic mass is 16.5. The predicted octanol–water partition coefficient (Wildman–Crippen LogP) is 1.58. The number of nitrogens with one attached hydrogen (secondary N) is 1. The summed E-state index contributed by atoms with van der Waals surface area (Å²) in [5, 5.41) is 11.7. The molecular formula is C17H21NO3. The van der Waals surface area contributed by atoms with Crippen LogP contribution in [0, 0.1) is 17.8 Å². The van der Waals surface area contributed by atoms with E-state index in [4.69, 9.17) is 9.84 Å². The molecule has 1 aliphatic rings. The second-order valence-corrected chi connectivity index (χ2v) is 5.19. The number of benzene rings is 1. The Bertz CT molecular complexity index is 544. The highest BCUT2D eigenvalue weighted by Gasteiger charge is 2.24. The van der Waals surface area contributed by atoms with Crippen molar-refractivity contribution in [1.82, 2.24) is 5.32 Å². The summed E-state index contributed by atoms with van der Waals surface area (Å²) >= 11 is 0. The second-order valence-electron chi connectivity index (χ2n) is 5.19. The SMILES string of the molecule is CC1OCCC1CNC(=O)c1cccc(C#CCCO)c1. The van der Waals surface area contributed by atoms with Crippen molar-refractivity contribution in [3.63, 3.8) is 0 Å². The maximum absolute atomic E-state index is 12.2. The van der Waals surface area contributed by atoms with Crippen LogP contribution in [-0.2, 0) is 4.74 Å². The third kappa shape index (κ3) is 4.59. The lowest BCUT2D eigenvalue weighted by Crippen LogP contribution is -2.31. The van der Waals surface area contributed by atoms with Crippen LogP contribution in [0.4, 0.5) is 0 Å². The van der Waals surface area contributed by atoms with Crippen LogP contribution < -0.4 is 5.32 Å². The lowest BCUT2D eigenvalue weighted by atomic mass is 10.0. The molecular weight excluding hydrogens is 266 g/mol. The van der Waals surface area contributed by atoms with Crippen LogP contribution in [0.15, 0.2) is 24.3 Å². The Hall–Kier alpha value is -1.83. The normalized spacial score (nSPS) is 20.7. The number of amides is 1. The first-order valence-electron chi connectivity index (χ1n) is 7.30. The molecule has 21 heavy (non-hydrogen) atoms. The van der Waals surface area contributed by atoms with Gasteiger partial charge in [0.1, 0.15) is 0 Å². The summed E-state index contributed by atoms with van der Waals surface area (Å²) in [6.45, 7) is 3.51. The van der Waals surface area contributed by atoms with Crippen molar-refractivity contribution in [2.24, 2.45) is 5.92 Å². The molecule has 1 aromatic carbocycles. The third-order valence-electron chi connectivity index (χ3n) is 3.65. The molecule has 2 rings (SSSR count). The van der Waals surface area contributed by atoms with Gasteiger partial charge in [-0.05, 0) is 31.5 Å². The first-order valence-corrected chi connectivity index (χ1v) is 7.30. The molecule has 0 saturated carbocycles. The van der Waals surface area contributed by atoms with Crippen molar-refractivity contribution in [1.29, 1.82) is 0 Å². The summed E-state index contributed by atoms with van der Waals surface area (Å²) in [5.74, 6) is 6.09. The van der Waals surface area contributed by atoms with Crippen molar-refractivity contribution in [3.8, 4) is 11.8 Å². The number of carbonyl (C=O) groups is 1. The standard InChI is InChI=1S/C17H21NO3/c1-13-16(8-10-21-13)12-18-17(20)15-7-4-6-14(11-15)5-2-3-9-19/h4,6-7,11,13,16,19H,3,8-10,12H2,1H3,(H,18,20). The minimum Gasteiger partial charge on any atom is -0.395 e. The fraction of sp³-hybridized carbons (Fsp3) is 0.471. The van der Waals surface area contributed by atoms with Crippen LogP contribution >= 0.6 is 0 Å². The van der Waals surface area contributed by atoms with E-state index in [2.05, 4.69) is 17.2 Å². The van der Waals surface area contributed by atoms with Gasteiger partial charge in [0, 0.05) is 36.6 Å². The third-order valence-corrected chi connectivity index (χ3v) is 3.65. The first kappa shape index (κ1) is 15.6. The summed E-state index contributed by atoms with van der Waals surface area (Å²) in [6.07, 6.45) is 1.64. The molecule has 2 N–H and O–H groups in total. The number of aliphatic hydroxyl groups is 1. The van der Waals surface area contributed by atoms with Crippen LogP contribution in [0.25, 0.3) is 0 Å². The number of hydrogen-bond donors (Lipinski definition) is 2. The number of ether oxygens (including phenoxy) is 1. The monoisotopic (exact) mass is 287 g/mol. The molecule has 0 spiro atoms. The number of carbonyl (C=O) groups excluding carboxylic acids is 1. The highest BCUT2D eigenvalue weighted by Crippen LogP contribution is 2.19. The molecule has 4 heteroatoms. The maximum atomic E-state index is 12.2. The van der Waals surface area contributed by atoms with Crippen LogP contribution in [0.5, 0.6) is 0 Å². The van der Waals surface area contributed by atoms with Crippen LogP contribution in [0.1, 0.15) is 35.7 Å². The number of hydrogen-bond acceptors (Lipinski definition) is 3. The molecule has 2 atom stereocenters. The number of aliphatic hydroxyl groups excluding tert-OH is 1. The number of rotatable bonds is 4. The van der Waals surface area contributed by atoms with Gasteiger partial charge < -0.3 is 15.2 Å². The molecule has 1 amide bonds. The minimum absolute atomic E-state index is 0.0504. The van der Waals surface area contributed by atoms with Gasteiger partial charge in [-0.2, -0.15) is 0 Å². The van der Waals surface area contributed by atoms with Crippen molar-refractivity contribution in [2.45, 2.75) is 25.9 Å². The summed E-state index contributed by atoms with van der Waals surface area (Å²) in [7, 11) is 0. The minimum atomic E-state index is -0.0834. The lowest BCUT2D eigenvalue weighted by Gasteiger charge is -2.14. The lowest BCUT2D eigenvalue weighted by molar-refractivity contribution is 0.0907. The van der Waals surface area contributed by atoms with E-state index in [-0.39, 0.29) is 18.6 Å². The van der Waals surface area contributed by atoms with Crippen molar-refractivity contribution >= 4 is 5.91 Å². The van der Waals surface area contributed by atoms with Gasteiger partial charge in [-0.15, -0.1) is 0 Å². The van der Waals surface area contributed by atoms with E-state index in [9.17, 15) is 4.79 Å². The molecule has 1 aromatic rings. The summed E-state index contributed by atoms with van der Waals surface area (Å²) in [6, 6.07) is 7.22. The Balaban J connectivity index is 1.93. The topological polar surface area (TPSA) is 58.6 Å². The van der Waals surface area contributed by atoms with E-state index in [0.717, 1.165) is 18.6 Å². The molecule has 1 fully saturated rings. The molecule has 1 saturated heterocycles. The molecule has 4 nitrogen and oxygen atoms in total. The van der Waals surface area contributed by atoms with Gasteiger partial charge in [0.25, 0.3) is 5.91 Å². The van der Waals surface area contributed by atoms with E-state index in [0.29, 0.717) is 24.4 Å². The fourth-order valence-corrected chi connectivity index (χ4v) is 2.33. The summed E-state index contributed by atoms with van der Waals surface area (Å²) in [4.78, 5) is 12.2. The molecule has 1 heterocycles. The average molecular weight is 287 g/mol. The molecule has 2 unspecified atom stereocenters. The van der Waals surface area contributed by atoms with Crippen molar-refractivity contribution in [2.75, 3.05) is 19.8 Å². The van der Waals surface area contributed by atoms with E-state index >= 15 is 0 Å². The van der Waals surface area contributed by atoms with Gasteiger partial charge in [-0.1, -0.05) is 17.9 Å². The predicted molar refractivity (Wildman–Crippen MR) is 80.9 cm³/mol. The fourth-order valence-electron chi connectivity index (χ4n) is 2.33. The average Bonchev–Trinajstić information content (AvgIpc) is 2.91. The van der Waals surface area contributed by atoms with Gasteiger partial charge in [0.2, 0.25) is 0 Å². The second kappa shape index (κ2) is 7.82. The van der Waals surface area contributed by atoms with Crippen molar-refractivity contribution < 1.29 is 14.6 Å². The van der Waals surface area contributed by atoms with Crippen LogP contribution in [-0.4, -0.2) is 36.9 Å². The van der Waals surface area contributed by atoms with Gasteiger partial charge in [-0.3, -0.25) is 4.79 Å². The van der Waals surface area contributed by atoms with E-state index < -0.39 is 0 Å². The Morgan fingerprint density at radius 3 is 3.10 bits per heavy atom. The Kier molecular flexibility index (Phi) is 5.79.